The fourth-order valence-corrected chi connectivity index (χ4v) is 1.23. The van der Waals surface area contributed by atoms with Crippen LogP contribution in [-0.4, -0.2) is 17.2 Å². The van der Waals surface area contributed by atoms with Crippen molar-refractivity contribution in [1.29, 1.82) is 0 Å². The molecule has 1 aromatic rings. The van der Waals surface area contributed by atoms with Crippen molar-refractivity contribution in [3.63, 3.8) is 0 Å². The van der Waals surface area contributed by atoms with Gasteiger partial charge in [0.15, 0.2) is 0 Å². The van der Waals surface area contributed by atoms with Gasteiger partial charge in [0, 0.05) is 0 Å². The van der Waals surface area contributed by atoms with Gasteiger partial charge in [0.1, 0.15) is 5.75 Å². The van der Waals surface area contributed by atoms with E-state index in [1.165, 1.54) is 12.1 Å². The fourth-order valence-electron chi connectivity index (χ4n) is 1.23. The van der Waals surface area contributed by atoms with Crippen molar-refractivity contribution in [2.45, 2.75) is 25.9 Å². The Kier molecular flexibility index (Phi) is 3.47. The molecule has 0 amide bonds. The van der Waals surface area contributed by atoms with Crippen molar-refractivity contribution >= 4 is 5.97 Å². The maximum atomic E-state index is 12.9. The Balaban J connectivity index is 3.01. The van der Waals surface area contributed by atoms with E-state index in [1.807, 2.05) is 0 Å². The van der Waals surface area contributed by atoms with Gasteiger partial charge in [0.25, 0.3) is 0 Å². The Morgan fingerprint density at radius 2 is 1.94 bits per heavy atom. The molecule has 0 aliphatic carbocycles. The van der Waals surface area contributed by atoms with Gasteiger partial charge in [0.2, 0.25) is 0 Å². The van der Waals surface area contributed by atoms with Crippen molar-refractivity contribution in [1.82, 2.24) is 0 Å². The summed E-state index contributed by atoms with van der Waals surface area (Å²) in [7, 11) is 0. The lowest BCUT2D eigenvalue weighted by Crippen LogP contribution is -2.35. The van der Waals surface area contributed by atoms with E-state index in [9.17, 15) is 13.6 Å². The second-order valence-corrected chi connectivity index (χ2v) is 3.62. The summed E-state index contributed by atoms with van der Waals surface area (Å²) in [5.74, 6) is -2.43. The summed E-state index contributed by atoms with van der Waals surface area (Å²) in [4.78, 5) is 10.2. The molecule has 0 heterocycles. The van der Waals surface area contributed by atoms with Crippen molar-refractivity contribution < 1.29 is 23.4 Å². The average Bonchev–Trinajstić information content (AvgIpc) is 2.17. The van der Waals surface area contributed by atoms with Crippen LogP contribution in [0.4, 0.5) is 8.78 Å². The fraction of sp³-hybridized carbons (Fsp3) is 0.364. The van der Waals surface area contributed by atoms with E-state index in [-0.39, 0.29) is 11.7 Å². The zero-order valence-electron chi connectivity index (χ0n) is 8.91. The summed E-state index contributed by atoms with van der Waals surface area (Å²) in [5.41, 5.74) is 0.545. The zero-order chi connectivity index (χ0) is 12.3. The number of rotatable bonds is 4. The van der Waals surface area contributed by atoms with E-state index in [2.05, 4.69) is 4.74 Å². The maximum Gasteiger partial charge on any atom is 0.501 e. The summed E-state index contributed by atoms with van der Waals surface area (Å²) in [6.45, 7) is 3.61. The van der Waals surface area contributed by atoms with Crippen LogP contribution < -0.4 is 4.74 Å². The van der Waals surface area contributed by atoms with Crippen molar-refractivity contribution in [2.24, 2.45) is 0 Å². The molecule has 0 aliphatic rings. The second-order valence-electron chi connectivity index (χ2n) is 3.62. The van der Waals surface area contributed by atoms with E-state index in [1.54, 1.807) is 26.0 Å². The Morgan fingerprint density at radius 1 is 1.38 bits per heavy atom. The third kappa shape index (κ3) is 2.68. The molecule has 0 saturated carbocycles. The molecule has 16 heavy (non-hydrogen) atoms. The highest BCUT2D eigenvalue weighted by molar-refractivity contribution is 5.74. The lowest BCUT2D eigenvalue weighted by Gasteiger charge is -2.17. The molecule has 0 spiro atoms. The van der Waals surface area contributed by atoms with Gasteiger partial charge in [-0.25, -0.2) is 4.79 Å². The van der Waals surface area contributed by atoms with Crippen LogP contribution in [0.2, 0.25) is 0 Å². The number of carboxylic acid groups (broad SMARTS) is 1. The molecular formula is C11H12F2O3. The van der Waals surface area contributed by atoms with Crippen LogP contribution in [0.25, 0.3) is 0 Å². The van der Waals surface area contributed by atoms with Crippen LogP contribution in [0.1, 0.15) is 25.3 Å². The number of benzene rings is 1. The molecule has 0 radical (unpaired) electrons. The van der Waals surface area contributed by atoms with E-state index >= 15 is 0 Å². The SMILES string of the molecule is CC(C)c1ccccc1OC(F)(F)C(=O)O. The molecule has 5 heteroatoms. The minimum Gasteiger partial charge on any atom is -0.474 e. The molecule has 0 aliphatic heterocycles. The average molecular weight is 230 g/mol. The third-order valence-electron chi connectivity index (χ3n) is 2.03. The minimum atomic E-state index is -4.20. The Hall–Kier alpha value is -1.65. The molecule has 1 aromatic carbocycles. The number of hydrogen-bond donors (Lipinski definition) is 1. The van der Waals surface area contributed by atoms with E-state index in [4.69, 9.17) is 5.11 Å². The number of hydrogen-bond acceptors (Lipinski definition) is 2. The smallest absolute Gasteiger partial charge is 0.474 e. The number of carboxylic acids is 1. The van der Waals surface area contributed by atoms with Crippen molar-refractivity contribution in [2.75, 3.05) is 0 Å². The summed E-state index contributed by atoms with van der Waals surface area (Å²) < 4.78 is 29.9. The van der Waals surface area contributed by atoms with Gasteiger partial charge in [-0.3, -0.25) is 0 Å². The van der Waals surface area contributed by atoms with Crippen LogP contribution >= 0.6 is 0 Å². The van der Waals surface area contributed by atoms with Gasteiger partial charge in [-0.1, -0.05) is 32.0 Å². The Bertz CT molecular complexity index is 389. The quantitative estimate of drug-likeness (QED) is 0.865. The number of aliphatic carboxylic acids is 1. The first-order valence-corrected chi connectivity index (χ1v) is 4.73. The molecular weight excluding hydrogens is 218 g/mol. The third-order valence-corrected chi connectivity index (χ3v) is 2.03. The van der Waals surface area contributed by atoms with Crippen molar-refractivity contribution in [3.05, 3.63) is 29.8 Å². The molecule has 88 valence electrons. The topological polar surface area (TPSA) is 46.5 Å². The molecule has 1 rings (SSSR count). The van der Waals surface area contributed by atoms with Crippen LogP contribution in [0.5, 0.6) is 5.75 Å². The maximum absolute atomic E-state index is 12.9. The normalized spacial score (nSPS) is 11.6. The van der Waals surface area contributed by atoms with Gasteiger partial charge in [-0.15, -0.1) is 0 Å². The van der Waals surface area contributed by atoms with Gasteiger partial charge >= 0.3 is 12.1 Å². The number of carbonyl (C=O) groups is 1. The number of halogens is 2. The largest absolute Gasteiger partial charge is 0.501 e. The van der Waals surface area contributed by atoms with Gasteiger partial charge in [0.05, 0.1) is 0 Å². The molecule has 0 aromatic heterocycles. The molecule has 0 unspecified atom stereocenters. The zero-order valence-corrected chi connectivity index (χ0v) is 8.91. The predicted molar refractivity (Wildman–Crippen MR) is 53.7 cm³/mol. The number of para-hydroxylation sites is 1. The lowest BCUT2D eigenvalue weighted by atomic mass is 10.0. The molecule has 0 bridgehead atoms. The molecule has 1 N–H and O–H groups in total. The second kappa shape index (κ2) is 4.47. The minimum absolute atomic E-state index is 0.0270. The summed E-state index contributed by atoms with van der Waals surface area (Å²) in [6, 6.07) is 6.14. The van der Waals surface area contributed by atoms with Gasteiger partial charge < -0.3 is 9.84 Å². The monoisotopic (exact) mass is 230 g/mol. The van der Waals surface area contributed by atoms with Gasteiger partial charge in [-0.2, -0.15) is 8.78 Å². The van der Waals surface area contributed by atoms with E-state index < -0.39 is 12.1 Å². The van der Waals surface area contributed by atoms with Crippen molar-refractivity contribution in [3.8, 4) is 5.75 Å². The first kappa shape index (κ1) is 12.4. The Morgan fingerprint density at radius 3 is 2.44 bits per heavy atom. The van der Waals surface area contributed by atoms with E-state index in [0.29, 0.717) is 5.56 Å². The Labute approximate surface area is 91.7 Å². The predicted octanol–water partition coefficient (Wildman–Crippen LogP) is 2.87. The highest BCUT2D eigenvalue weighted by atomic mass is 19.3. The van der Waals surface area contributed by atoms with Crippen LogP contribution in [0, 0.1) is 0 Å². The van der Waals surface area contributed by atoms with Crippen LogP contribution in [0.3, 0.4) is 0 Å². The highest BCUT2D eigenvalue weighted by Gasteiger charge is 2.42. The summed E-state index contributed by atoms with van der Waals surface area (Å²) in [6.07, 6.45) is -4.20. The lowest BCUT2D eigenvalue weighted by molar-refractivity contribution is -0.211. The molecule has 3 nitrogen and oxygen atoms in total. The summed E-state index contributed by atoms with van der Waals surface area (Å²) in [5, 5.41) is 8.26. The first-order chi connectivity index (χ1) is 7.34. The standard InChI is InChI=1S/C11H12F2O3/c1-7(2)8-5-3-4-6-9(8)16-11(12,13)10(14)15/h3-7H,1-2H3,(H,14,15). The number of alkyl halides is 2. The highest BCUT2D eigenvalue weighted by Crippen LogP contribution is 2.30. The van der Waals surface area contributed by atoms with Crippen LogP contribution in [0.15, 0.2) is 24.3 Å². The van der Waals surface area contributed by atoms with E-state index in [0.717, 1.165) is 0 Å². The molecule has 0 fully saturated rings. The summed E-state index contributed by atoms with van der Waals surface area (Å²) >= 11 is 0. The van der Waals surface area contributed by atoms with Crippen LogP contribution in [-0.2, 0) is 4.79 Å². The molecule has 0 atom stereocenters. The van der Waals surface area contributed by atoms with Gasteiger partial charge in [-0.05, 0) is 17.5 Å². The molecule has 0 saturated heterocycles. The number of ether oxygens (including phenoxy) is 1. The first-order valence-electron chi connectivity index (χ1n) is 4.73.